The van der Waals surface area contributed by atoms with Crippen LogP contribution in [-0.4, -0.2) is 26.1 Å². The minimum atomic E-state index is 0.521. The number of hydrogen-bond acceptors (Lipinski definition) is 6. The van der Waals surface area contributed by atoms with E-state index in [1.807, 2.05) is 29.8 Å². The van der Waals surface area contributed by atoms with Crippen LogP contribution >= 0.6 is 0 Å². The van der Waals surface area contributed by atoms with Crippen LogP contribution in [0.15, 0.2) is 29.2 Å². The topological polar surface area (TPSA) is 80.3 Å². The van der Waals surface area contributed by atoms with Crippen molar-refractivity contribution < 1.29 is 4.52 Å². The second-order valence-corrected chi connectivity index (χ2v) is 4.85. The summed E-state index contributed by atoms with van der Waals surface area (Å²) in [6.07, 6.45) is 6.63. The Labute approximate surface area is 122 Å². The summed E-state index contributed by atoms with van der Waals surface area (Å²) in [4.78, 5) is 8.89. The van der Waals surface area contributed by atoms with Gasteiger partial charge in [-0.1, -0.05) is 12.1 Å². The van der Waals surface area contributed by atoms with Crippen molar-refractivity contribution >= 4 is 17.3 Å². The minimum Gasteiger partial charge on any atom is -0.369 e. The third-order valence-corrected chi connectivity index (χ3v) is 3.04. The Bertz CT molecular complexity index is 732. The first-order chi connectivity index (χ1) is 10.3. The second-order valence-electron chi connectivity index (χ2n) is 4.85. The molecule has 0 bridgehead atoms. The molecular weight excluding hydrogens is 268 g/mol. The number of imidazole rings is 1. The molecule has 0 aliphatic rings. The molecule has 0 saturated carbocycles. The lowest BCUT2D eigenvalue weighted by molar-refractivity contribution is 0.384. The fourth-order valence-corrected chi connectivity index (χ4v) is 2.06. The van der Waals surface area contributed by atoms with Crippen LogP contribution in [0.25, 0.3) is 5.65 Å². The number of rotatable bonds is 6. The highest BCUT2D eigenvalue weighted by molar-refractivity contribution is 5.65. The average Bonchev–Trinajstić information content (AvgIpc) is 3.11. The van der Waals surface area contributed by atoms with E-state index in [4.69, 9.17) is 4.52 Å². The summed E-state index contributed by atoms with van der Waals surface area (Å²) in [6.45, 7) is 5.42. The molecular formula is C14H18N6O. The van der Waals surface area contributed by atoms with Gasteiger partial charge in [0, 0.05) is 25.0 Å². The summed E-state index contributed by atoms with van der Waals surface area (Å²) in [5.74, 6) is 2.31. The molecule has 0 radical (unpaired) electrons. The van der Waals surface area contributed by atoms with Gasteiger partial charge in [0.25, 0.3) is 0 Å². The van der Waals surface area contributed by atoms with Gasteiger partial charge in [-0.3, -0.25) is 0 Å². The van der Waals surface area contributed by atoms with Crippen molar-refractivity contribution in [2.45, 2.75) is 26.8 Å². The summed E-state index contributed by atoms with van der Waals surface area (Å²) in [6, 6.07) is 1.90. The second kappa shape index (κ2) is 5.82. The van der Waals surface area contributed by atoms with E-state index in [1.165, 1.54) is 0 Å². The number of nitrogens with zero attached hydrogens (tertiary/aromatic N) is 4. The van der Waals surface area contributed by atoms with Gasteiger partial charge >= 0.3 is 0 Å². The molecule has 0 fully saturated rings. The Kier molecular flexibility index (Phi) is 3.72. The smallest absolute Gasteiger partial charge is 0.180 e. The Morgan fingerprint density at radius 1 is 1.33 bits per heavy atom. The fourth-order valence-electron chi connectivity index (χ4n) is 2.06. The Hall–Kier alpha value is -2.57. The minimum absolute atomic E-state index is 0.521. The summed E-state index contributed by atoms with van der Waals surface area (Å²) in [7, 11) is 0. The number of nitrogens with one attached hydrogen (secondary N) is 2. The molecule has 21 heavy (non-hydrogen) atoms. The molecule has 0 saturated heterocycles. The predicted octanol–water partition coefficient (Wildman–Crippen LogP) is 2.46. The van der Waals surface area contributed by atoms with Crippen LogP contribution < -0.4 is 10.6 Å². The third-order valence-electron chi connectivity index (χ3n) is 3.04. The highest BCUT2D eigenvalue weighted by Crippen LogP contribution is 2.17. The van der Waals surface area contributed by atoms with Gasteiger partial charge in [0.15, 0.2) is 17.2 Å². The Morgan fingerprint density at radius 3 is 3.00 bits per heavy atom. The quantitative estimate of drug-likeness (QED) is 0.724. The van der Waals surface area contributed by atoms with Crippen molar-refractivity contribution in [3.05, 3.63) is 36.1 Å². The van der Waals surface area contributed by atoms with Gasteiger partial charge in [-0.05, 0) is 13.3 Å². The number of fused-ring (bicyclic) bond motifs is 1. The maximum atomic E-state index is 5.19. The van der Waals surface area contributed by atoms with Gasteiger partial charge in [-0.25, -0.2) is 9.97 Å². The third kappa shape index (κ3) is 2.96. The lowest BCUT2D eigenvalue weighted by Crippen LogP contribution is -2.08. The maximum absolute atomic E-state index is 5.19. The zero-order valence-electron chi connectivity index (χ0n) is 12.1. The van der Waals surface area contributed by atoms with E-state index in [9.17, 15) is 0 Å². The molecule has 110 valence electrons. The van der Waals surface area contributed by atoms with E-state index in [0.29, 0.717) is 6.54 Å². The molecule has 3 heterocycles. The van der Waals surface area contributed by atoms with E-state index in [0.717, 1.165) is 41.7 Å². The van der Waals surface area contributed by atoms with Crippen LogP contribution in [0.1, 0.15) is 24.8 Å². The standard InChI is InChI=1S/C14H18N6O/c1-3-4-15-12-9-20-6-5-16-14(20)13(18-12)17-8-11-7-10(2)19-21-11/h5-7,9,15H,3-4,8H2,1-2H3,(H,17,18). The van der Waals surface area contributed by atoms with Crippen LogP contribution in [0, 0.1) is 6.92 Å². The van der Waals surface area contributed by atoms with Gasteiger partial charge in [-0.2, -0.15) is 0 Å². The molecule has 0 aliphatic heterocycles. The van der Waals surface area contributed by atoms with Crippen LogP contribution in [0.2, 0.25) is 0 Å². The van der Waals surface area contributed by atoms with E-state index in [-0.39, 0.29) is 0 Å². The number of hydrogen-bond donors (Lipinski definition) is 2. The molecule has 0 unspecified atom stereocenters. The lowest BCUT2D eigenvalue weighted by atomic mass is 10.4. The van der Waals surface area contributed by atoms with Crippen LogP contribution in [0.4, 0.5) is 11.6 Å². The molecule has 2 N–H and O–H groups in total. The van der Waals surface area contributed by atoms with Gasteiger partial charge in [0.1, 0.15) is 5.82 Å². The maximum Gasteiger partial charge on any atom is 0.180 e. The zero-order chi connectivity index (χ0) is 14.7. The first-order valence-corrected chi connectivity index (χ1v) is 7.00. The zero-order valence-corrected chi connectivity index (χ0v) is 12.1. The Morgan fingerprint density at radius 2 is 2.24 bits per heavy atom. The van der Waals surface area contributed by atoms with Gasteiger partial charge in [0.2, 0.25) is 0 Å². The SMILES string of the molecule is CCCNc1cn2ccnc2c(NCc2cc(C)no2)n1. The molecule has 7 heteroatoms. The van der Waals surface area contributed by atoms with Crippen molar-refractivity contribution in [2.75, 3.05) is 17.2 Å². The monoisotopic (exact) mass is 286 g/mol. The van der Waals surface area contributed by atoms with Crippen molar-refractivity contribution in [1.82, 2.24) is 19.5 Å². The fraction of sp³-hybridized carbons (Fsp3) is 0.357. The molecule has 3 rings (SSSR count). The molecule has 3 aromatic heterocycles. The van der Waals surface area contributed by atoms with E-state index >= 15 is 0 Å². The van der Waals surface area contributed by atoms with Gasteiger partial charge < -0.3 is 19.6 Å². The largest absolute Gasteiger partial charge is 0.369 e. The van der Waals surface area contributed by atoms with E-state index < -0.39 is 0 Å². The molecule has 7 nitrogen and oxygen atoms in total. The Balaban J connectivity index is 1.83. The molecule has 0 spiro atoms. The number of anilines is 2. The molecule has 0 amide bonds. The average molecular weight is 286 g/mol. The van der Waals surface area contributed by atoms with Crippen LogP contribution in [0.5, 0.6) is 0 Å². The normalized spacial score (nSPS) is 11.0. The molecule has 0 aliphatic carbocycles. The molecule has 3 aromatic rings. The van der Waals surface area contributed by atoms with E-state index in [1.54, 1.807) is 6.20 Å². The summed E-state index contributed by atoms with van der Waals surface area (Å²) >= 11 is 0. The van der Waals surface area contributed by atoms with Crippen molar-refractivity contribution in [1.29, 1.82) is 0 Å². The number of aromatic nitrogens is 4. The lowest BCUT2D eigenvalue weighted by Gasteiger charge is -2.09. The van der Waals surface area contributed by atoms with Gasteiger partial charge in [-0.15, -0.1) is 0 Å². The van der Waals surface area contributed by atoms with Gasteiger partial charge in [0.05, 0.1) is 18.4 Å². The van der Waals surface area contributed by atoms with Crippen molar-refractivity contribution in [3.63, 3.8) is 0 Å². The van der Waals surface area contributed by atoms with Crippen LogP contribution in [-0.2, 0) is 6.54 Å². The molecule has 0 atom stereocenters. The highest BCUT2D eigenvalue weighted by Gasteiger charge is 2.08. The first kappa shape index (κ1) is 13.4. The highest BCUT2D eigenvalue weighted by atomic mass is 16.5. The summed E-state index contributed by atoms with van der Waals surface area (Å²) < 4.78 is 7.13. The van der Waals surface area contributed by atoms with Crippen LogP contribution in [0.3, 0.4) is 0 Å². The molecule has 0 aromatic carbocycles. The van der Waals surface area contributed by atoms with E-state index in [2.05, 4.69) is 32.7 Å². The summed E-state index contributed by atoms with van der Waals surface area (Å²) in [5, 5.41) is 10.4. The van der Waals surface area contributed by atoms with Crippen molar-refractivity contribution in [3.8, 4) is 0 Å². The number of aryl methyl sites for hydroxylation is 1. The first-order valence-electron chi connectivity index (χ1n) is 7.00. The predicted molar refractivity (Wildman–Crippen MR) is 80.3 cm³/mol. The summed E-state index contributed by atoms with van der Waals surface area (Å²) in [5.41, 5.74) is 1.65. The van der Waals surface area contributed by atoms with Crippen molar-refractivity contribution in [2.24, 2.45) is 0 Å².